The fourth-order valence-electron chi connectivity index (χ4n) is 3.07. The molecule has 0 aliphatic carbocycles. The number of rotatable bonds is 9. The van der Waals surface area contributed by atoms with E-state index < -0.39 is 0 Å². The molecule has 1 aliphatic heterocycles. The number of carbonyl (C=O) groups excluding carboxylic acids is 1. The summed E-state index contributed by atoms with van der Waals surface area (Å²) in [7, 11) is 0. The molecule has 0 radical (unpaired) electrons. The lowest BCUT2D eigenvalue weighted by atomic mass is 10.2. The molecule has 0 fully saturated rings. The second-order valence-corrected chi connectivity index (χ2v) is 8.98. The van der Waals surface area contributed by atoms with Crippen molar-refractivity contribution in [1.29, 1.82) is 5.26 Å². The Hall–Kier alpha value is -3.29. The van der Waals surface area contributed by atoms with Gasteiger partial charge in [0.05, 0.1) is 18.2 Å². The number of nitriles is 1. The average molecular weight is 468 g/mol. The Bertz CT molecular complexity index is 1100. The van der Waals surface area contributed by atoms with Gasteiger partial charge < -0.3 is 19.7 Å². The van der Waals surface area contributed by atoms with Gasteiger partial charge in [-0.2, -0.15) is 5.26 Å². The lowest BCUT2D eigenvalue weighted by Crippen LogP contribution is -2.33. The van der Waals surface area contributed by atoms with Gasteiger partial charge in [0.15, 0.2) is 15.8 Å². The summed E-state index contributed by atoms with van der Waals surface area (Å²) in [5.41, 5.74) is 1.83. The zero-order chi connectivity index (χ0) is 22.2. The molecule has 0 saturated heterocycles. The van der Waals surface area contributed by atoms with Crippen LogP contribution in [0.3, 0.4) is 0 Å². The second kappa shape index (κ2) is 10.8. The molecule has 1 aliphatic rings. The number of ether oxygens (including phenoxy) is 2. The maximum atomic E-state index is 13.0. The molecule has 2 heterocycles. The number of aromatic nitrogens is 2. The fraction of sp³-hybridized carbons (Fsp3) is 0.273. The van der Waals surface area contributed by atoms with E-state index in [1.807, 2.05) is 36.4 Å². The zero-order valence-electron chi connectivity index (χ0n) is 17.2. The maximum absolute atomic E-state index is 13.0. The molecule has 1 aromatic heterocycles. The molecule has 1 N–H and O–H groups in total. The van der Waals surface area contributed by atoms with Crippen molar-refractivity contribution in [3.63, 3.8) is 0 Å². The molecule has 0 spiro atoms. The molecule has 8 nitrogen and oxygen atoms in total. The number of nitrogens with zero attached hydrogens (tertiary/aromatic N) is 4. The summed E-state index contributed by atoms with van der Waals surface area (Å²) in [6, 6.07) is 17.5. The third-order valence-corrected chi connectivity index (χ3v) is 6.60. The van der Waals surface area contributed by atoms with E-state index >= 15 is 0 Å². The SMILES string of the molecule is N#CCCN(C(=O)CSc1nnc(NCc2ccccc2)s1)c1ccc2c(c1)OCCO2. The second-order valence-electron chi connectivity index (χ2n) is 6.78. The van der Waals surface area contributed by atoms with Crippen LogP contribution in [0, 0.1) is 11.3 Å². The van der Waals surface area contributed by atoms with Crippen molar-refractivity contribution in [3.8, 4) is 17.6 Å². The highest BCUT2D eigenvalue weighted by Gasteiger charge is 2.20. The molecule has 4 rings (SSSR count). The largest absolute Gasteiger partial charge is 0.486 e. The quantitative estimate of drug-likeness (QED) is 0.472. The van der Waals surface area contributed by atoms with E-state index in [1.54, 1.807) is 17.0 Å². The number of thioether (sulfide) groups is 1. The van der Waals surface area contributed by atoms with Crippen LogP contribution in [0.5, 0.6) is 11.5 Å². The Labute approximate surface area is 194 Å². The predicted octanol–water partition coefficient (Wildman–Crippen LogP) is 3.96. The fourth-order valence-corrected chi connectivity index (χ4v) is 4.70. The van der Waals surface area contributed by atoms with Crippen LogP contribution in [0.25, 0.3) is 0 Å². The van der Waals surface area contributed by atoms with Crippen LogP contribution < -0.4 is 19.7 Å². The number of amides is 1. The number of hydrogen-bond donors (Lipinski definition) is 1. The maximum Gasteiger partial charge on any atom is 0.237 e. The van der Waals surface area contributed by atoms with Crippen molar-refractivity contribution in [3.05, 3.63) is 54.1 Å². The first-order valence-corrected chi connectivity index (χ1v) is 11.8. The molecule has 0 bridgehead atoms. The molecule has 32 heavy (non-hydrogen) atoms. The third kappa shape index (κ3) is 5.69. The first kappa shape index (κ1) is 21.9. The minimum Gasteiger partial charge on any atom is -0.486 e. The molecule has 0 saturated carbocycles. The summed E-state index contributed by atoms with van der Waals surface area (Å²) in [6.07, 6.45) is 0.233. The van der Waals surface area contributed by atoms with Crippen LogP contribution in [0.15, 0.2) is 52.9 Å². The van der Waals surface area contributed by atoms with Gasteiger partial charge in [0.25, 0.3) is 0 Å². The van der Waals surface area contributed by atoms with Crippen molar-refractivity contribution >= 4 is 39.8 Å². The molecule has 10 heteroatoms. The standard InChI is InChI=1S/C22H21N5O3S2/c23-9-4-10-27(17-7-8-18-19(13-17)30-12-11-29-18)20(28)15-31-22-26-25-21(32-22)24-14-16-5-2-1-3-6-16/h1-3,5-8,13H,4,10-12,14-15H2,(H,24,25). The Morgan fingerprint density at radius 3 is 2.78 bits per heavy atom. The molecular formula is C22H21N5O3S2. The Balaban J connectivity index is 1.36. The van der Waals surface area contributed by atoms with E-state index in [2.05, 4.69) is 21.6 Å². The molecule has 3 aromatic rings. The van der Waals surface area contributed by atoms with Gasteiger partial charge in [-0.3, -0.25) is 4.79 Å². The van der Waals surface area contributed by atoms with Gasteiger partial charge in [0, 0.05) is 24.8 Å². The van der Waals surface area contributed by atoms with E-state index in [0.717, 1.165) is 5.56 Å². The van der Waals surface area contributed by atoms with Crippen LogP contribution in [0.1, 0.15) is 12.0 Å². The summed E-state index contributed by atoms with van der Waals surface area (Å²) in [5, 5.41) is 21.3. The van der Waals surface area contributed by atoms with Crippen LogP contribution in [-0.4, -0.2) is 41.6 Å². The summed E-state index contributed by atoms with van der Waals surface area (Å²) in [4.78, 5) is 14.6. The van der Waals surface area contributed by atoms with E-state index in [0.29, 0.717) is 53.0 Å². The number of fused-ring (bicyclic) bond motifs is 1. The highest BCUT2D eigenvalue weighted by molar-refractivity contribution is 8.01. The molecule has 2 aromatic carbocycles. The monoisotopic (exact) mass is 467 g/mol. The van der Waals surface area contributed by atoms with Gasteiger partial charge in [-0.25, -0.2) is 0 Å². The first-order valence-electron chi connectivity index (χ1n) is 10.0. The summed E-state index contributed by atoms with van der Waals surface area (Å²) in [5.74, 6) is 1.34. The van der Waals surface area contributed by atoms with E-state index in [4.69, 9.17) is 14.7 Å². The minimum absolute atomic E-state index is 0.115. The Morgan fingerprint density at radius 1 is 1.16 bits per heavy atom. The topological polar surface area (TPSA) is 100 Å². The number of benzene rings is 2. The predicted molar refractivity (Wildman–Crippen MR) is 124 cm³/mol. The number of hydrogen-bond acceptors (Lipinski definition) is 9. The summed E-state index contributed by atoms with van der Waals surface area (Å²) < 4.78 is 11.9. The van der Waals surface area contributed by atoms with Gasteiger partial charge in [-0.15, -0.1) is 10.2 Å². The Kier molecular flexibility index (Phi) is 7.42. The van der Waals surface area contributed by atoms with Gasteiger partial charge in [-0.1, -0.05) is 53.4 Å². The van der Waals surface area contributed by atoms with Crippen molar-refractivity contribution in [2.24, 2.45) is 0 Å². The highest BCUT2D eigenvalue weighted by atomic mass is 32.2. The van der Waals surface area contributed by atoms with Gasteiger partial charge in [0.2, 0.25) is 11.0 Å². The lowest BCUT2D eigenvalue weighted by Gasteiger charge is -2.24. The van der Waals surface area contributed by atoms with Crippen molar-refractivity contribution < 1.29 is 14.3 Å². The third-order valence-electron chi connectivity index (χ3n) is 4.60. The highest BCUT2D eigenvalue weighted by Crippen LogP contribution is 2.34. The van der Waals surface area contributed by atoms with Gasteiger partial charge >= 0.3 is 0 Å². The van der Waals surface area contributed by atoms with Gasteiger partial charge in [-0.05, 0) is 17.7 Å². The average Bonchev–Trinajstić information content (AvgIpc) is 3.30. The smallest absolute Gasteiger partial charge is 0.237 e. The van der Waals surface area contributed by atoms with Crippen LogP contribution in [-0.2, 0) is 11.3 Å². The summed E-state index contributed by atoms with van der Waals surface area (Å²) in [6.45, 7) is 1.93. The van der Waals surface area contributed by atoms with Crippen molar-refractivity contribution in [2.45, 2.75) is 17.3 Å². The lowest BCUT2D eigenvalue weighted by molar-refractivity contribution is -0.116. The molecule has 0 atom stereocenters. The zero-order valence-corrected chi connectivity index (χ0v) is 18.8. The Morgan fingerprint density at radius 2 is 1.97 bits per heavy atom. The summed E-state index contributed by atoms with van der Waals surface area (Å²) >= 11 is 2.74. The van der Waals surface area contributed by atoms with Gasteiger partial charge in [0.1, 0.15) is 13.2 Å². The molecular weight excluding hydrogens is 446 g/mol. The number of anilines is 2. The van der Waals surface area contributed by atoms with E-state index in [9.17, 15) is 4.79 Å². The minimum atomic E-state index is -0.115. The normalized spacial score (nSPS) is 12.1. The van der Waals surface area contributed by atoms with E-state index in [-0.39, 0.29) is 18.1 Å². The van der Waals surface area contributed by atoms with E-state index in [1.165, 1.54) is 23.1 Å². The molecule has 0 unspecified atom stereocenters. The van der Waals surface area contributed by atoms with Crippen LogP contribution >= 0.6 is 23.1 Å². The first-order chi connectivity index (χ1) is 15.7. The number of nitrogens with one attached hydrogen (secondary N) is 1. The van der Waals surface area contributed by atoms with Crippen molar-refractivity contribution in [2.75, 3.05) is 35.7 Å². The molecule has 164 valence electrons. The van der Waals surface area contributed by atoms with Crippen molar-refractivity contribution in [1.82, 2.24) is 10.2 Å². The van der Waals surface area contributed by atoms with Crippen LogP contribution in [0.4, 0.5) is 10.8 Å². The van der Waals surface area contributed by atoms with Crippen LogP contribution in [0.2, 0.25) is 0 Å². The number of carbonyl (C=O) groups is 1. The molecule has 1 amide bonds.